The molecule has 0 saturated carbocycles. The van der Waals surface area contributed by atoms with Crippen LogP contribution in [-0.2, 0) is 11.3 Å². The summed E-state index contributed by atoms with van der Waals surface area (Å²) in [5.74, 6) is 1.11. The molecule has 1 fully saturated rings. The molecule has 4 heteroatoms. The van der Waals surface area contributed by atoms with Crippen LogP contribution >= 0.6 is 0 Å². The van der Waals surface area contributed by atoms with Gasteiger partial charge >= 0.3 is 0 Å². The summed E-state index contributed by atoms with van der Waals surface area (Å²) in [6.07, 6.45) is 7.02. The Morgan fingerprint density at radius 3 is 3.00 bits per heavy atom. The molecule has 1 aliphatic rings. The first-order valence-electron chi connectivity index (χ1n) is 7.17. The van der Waals surface area contributed by atoms with Gasteiger partial charge in [-0.1, -0.05) is 6.42 Å². The molecule has 2 heterocycles. The van der Waals surface area contributed by atoms with Crippen LogP contribution in [0.2, 0.25) is 0 Å². The van der Waals surface area contributed by atoms with Gasteiger partial charge in [0.15, 0.2) is 0 Å². The topological polar surface area (TPSA) is 45.5 Å². The Morgan fingerprint density at radius 2 is 2.37 bits per heavy atom. The van der Waals surface area contributed by atoms with Crippen molar-refractivity contribution in [3.8, 4) is 0 Å². The smallest absolute Gasteiger partial charge is 0.222 e. The van der Waals surface area contributed by atoms with Crippen molar-refractivity contribution in [3.63, 3.8) is 0 Å². The third-order valence-electron chi connectivity index (χ3n) is 3.92. The van der Waals surface area contributed by atoms with E-state index in [0.29, 0.717) is 19.0 Å². The quantitative estimate of drug-likeness (QED) is 0.888. The summed E-state index contributed by atoms with van der Waals surface area (Å²) in [7, 11) is 1.86. The van der Waals surface area contributed by atoms with Crippen molar-refractivity contribution in [3.05, 3.63) is 23.7 Å². The number of furan rings is 1. The molecule has 1 amide bonds. The van der Waals surface area contributed by atoms with Crippen LogP contribution in [0.15, 0.2) is 16.7 Å². The third kappa shape index (κ3) is 4.10. The van der Waals surface area contributed by atoms with Crippen LogP contribution in [0.1, 0.15) is 43.4 Å². The maximum absolute atomic E-state index is 12.1. The van der Waals surface area contributed by atoms with E-state index in [1.54, 1.807) is 11.2 Å². The molecule has 1 saturated heterocycles. The first kappa shape index (κ1) is 14.1. The summed E-state index contributed by atoms with van der Waals surface area (Å²) >= 11 is 0. The summed E-state index contributed by atoms with van der Waals surface area (Å²) < 4.78 is 5.25. The minimum absolute atomic E-state index is 0.216. The number of hydrogen-bond acceptors (Lipinski definition) is 3. The van der Waals surface area contributed by atoms with Crippen LogP contribution in [0, 0.1) is 6.92 Å². The fourth-order valence-electron chi connectivity index (χ4n) is 2.58. The highest BCUT2D eigenvalue weighted by Gasteiger charge is 2.16. The normalized spacial score (nSPS) is 19.4. The molecule has 1 N–H and O–H groups in total. The number of rotatable bonds is 5. The molecule has 19 heavy (non-hydrogen) atoms. The Hall–Kier alpha value is -1.29. The Labute approximate surface area is 115 Å². The zero-order chi connectivity index (χ0) is 13.7. The van der Waals surface area contributed by atoms with Crippen molar-refractivity contribution in [2.75, 3.05) is 13.6 Å². The standard InChI is InChI=1S/C15H24N2O2/c1-12-13(8-10-19-12)11-17(2)15(18)7-6-14-5-3-4-9-16-14/h8,10,14,16H,3-7,9,11H2,1-2H3. The summed E-state index contributed by atoms with van der Waals surface area (Å²) in [5, 5.41) is 3.48. The number of hydrogen-bond donors (Lipinski definition) is 1. The van der Waals surface area contributed by atoms with Gasteiger partial charge in [-0.05, 0) is 38.8 Å². The average molecular weight is 264 g/mol. The molecule has 2 rings (SSSR count). The highest BCUT2D eigenvalue weighted by molar-refractivity contribution is 5.75. The van der Waals surface area contributed by atoms with Crippen LogP contribution in [-0.4, -0.2) is 30.4 Å². The van der Waals surface area contributed by atoms with E-state index in [9.17, 15) is 4.79 Å². The lowest BCUT2D eigenvalue weighted by Gasteiger charge is -2.24. The third-order valence-corrected chi connectivity index (χ3v) is 3.92. The zero-order valence-corrected chi connectivity index (χ0v) is 11.9. The number of amides is 1. The molecule has 1 atom stereocenters. The molecule has 1 aromatic heterocycles. The molecule has 1 unspecified atom stereocenters. The van der Waals surface area contributed by atoms with Gasteiger partial charge in [0, 0.05) is 31.6 Å². The predicted molar refractivity (Wildman–Crippen MR) is 74.8 cm³/mol. The van der Waals surface area contributed by atoms with Gasteiger partial charge < -0.3 is 14.6 Å². The molecule has 0 aromatic carbocycles. The molecule has 0 bridgehead atoms. The number of piperidine rings is 1. The molecular weight excluding hydrogens is 240 g/mol. The molecular formula is C15H24N2O2. The second-order valence-electron chi connectivity index (χ2n) is 5.44. The maximum atomic E-state index is 12.1. The van der Waals surface area contributed by atoms with Crippen LogP contribution in [0.3, 0.4) is 0 Å². The Bertz CT molecular complexity index is 408. The van der Waals surface area contributed by atoms with Crippen molar-refractivity contribution in [2.24, 2.45) is 0 Å². The summed E-state index contributed by atoms with van der Waals surface area (Å²) in [4.78, 5) is 13.9. The fraction of sp³-hybridized carbons (Fsp3) is 0.667. The van der Waals surface area contributed by atoms with E-state index in [1.165, 1.54) is 19.3 Å². The second kappa shape index (κ2) is 6.75. The maximum Gasteiger partial charge on any atom is 0.222 e. The van der Waals surface area contributed by atoms with E-state index in [4.69, 9.17) is 4.42 Å². The predicted octanol–water partition coefficient (Wildman–Crippen LogP) is 2.47. The first-order valence-corrected chi connectivity index (χ1v) is 7.17. The first-order chi connectivity index (χ1) is 9.16. The van der Waals surface area contributed by atoms with Gasteiger partial charge in [-0.15, -0.1) is 0 Å². The molecule has 106 valence electrons. The van der Waals surface area contributed by atoms with Crippen LogP contribution < -0.4 is 5.32 Å². The number of nitrogens with zero attached hydrogens (tertiary/aromatic N) is 1. The Kier molecular flexibility index (Phi) is 5.02. The number of carbonyl (C=O) groups excluding carboxylic acids is 1. The van der Waals surface area contributed by atoms with E-state index in [-0.39, 0.29) is 5.91 Å². The van der Waals surface area contributed by atoms with E-state index in [0.717, 1.165) is 24.3 Å². The highest BCUT2D eigenvalue weighted by atomic mass is 16.3. The minimum atomic E-state index is 0.216. The van der Waals surface area contributed by atoms with Gasteiger partial charge in [0.25, 0.3) is 0 Å². The number of carbonyl (C=O) groups is 1. The molecule has 0 aliphatic carbocycles. The van der Waals surface area contributed by atoms with Crippen LogP contribution in [0.25, 0.3) is 0 Å². The molecule has 1 aromatic rings. The van der Waals surface area contributed by atoms with Crippen molar-refractivity contribution in [1.29, 1.82) is 0 Å². The van der Waals surface area contributed by atoms with Gasteiger partial charge in [0.1, 0.15) is 5.76 Å². The van der Waals surface area contributed by atoms with Crippen LogP contribution in [0.5, 0.6) is 0 Å². The zero-order valence-electron chi connectivity index (χ0n) is 11.9. The van der Waals surface area contributed by atoms with Crippen molar-refractivity contribution in [1.82, 2.24) is 10.2 Å². The second-order valence-corrected chi connectivity index (χ2v) is 5.44. The Morgan fingerprint density at radius 1 is 1.53 bits per heavy atom. The molecule has 0 spiro atoms. The number of nitrogens with one attached hydrogen (secondary N) is 1. The summed E-state index contributed by atoms with van der Waals surface area (Å²) in [6.45, 7) is 3.67. The van der Waals surface area contributed by atoms with Crippen molar-refractivity contribution >= 4 is 5.91 Å². The largest absolute Gasteiger partial charge is 0.469 e. The van der Waals surface area contributed by atoms with E-state index >= 15 is 0 Å². The van der Waals surface area contributed by atoms with Gasteiger partial charge in [0.05, 0.1) is 6.26 Å². The lowest BCUT2D eigenvalue weighted by Crippen LogP contribution is -2.35. The van der Waals surface area contributed by atoms with Crippen LogP contribution in [0.4, 0.5) is 0 Å². The molecule has 4 nitrogen and oxygen atoms in total. The monoisotopic (exact) mass is 264 g/mol. The van der Waals surface area contributed by atoms with Gasteiger partial charge in [0.2, 0.25) is 5.91 Å². The van der Waals surface area contributed by atoms with Gasteiger partial charge in [-0.3, -0.25) is 4.79 Å². The van der Waals surface area contributed by atoms with E-state index < -0.39 is 0 Å². The SMILES string of the molecule is Cc1occc1CN(C)C(=O)CCC1CCCCN1. The van der Waals surface area contributed by atoms with E-state index in [2.05, 4.69) is 5.32 Å². The minimum Gasteiger partial charge on any atom is -0.469 e. The fourth-order valence-corrected chi connectivity index (χ4v) is 2.58. The Balaban J connectivity index is 1.74. The van der Waals surface area contributed by atoms with Gasteiger partial charge in [-0.2, -0.15) is 0 Å². The van der Waals surface area contributed by atoms with Crippen molar-refractivity contribution < 1.29 is 9.21 Å². The highest BCUT2D eigenvalue weighted by Crippen LogP contribution is 2.14. The summed E-state index contributed by atoms with van der Waals surface area (Å²) in [6, 6.07) is 2.46. The molecule has 1 aliphatic heterocycles. The molecule has 0 radical (unpaired) electrons. The lowest BCUT2D eigenvalue weighted by molar-refractivity contribution is -0.130. The van der Waals surface area contributed by atoms with Gasteiger partial charge in [-0.25, -0.2) is 0 Å². The van der Waals surface area contributed by atoms with E-state index in [1.807, 2.05) is 20.0 Å². The average Bonchev–Trinajstić information content (AvgIpc) is 2.82. The van der Waals surface area contributed by atoms with Crippen molar-refractivity contribution in [2.45, 2.75) is 51.6 Å². The summed E-state index contributed by atoms with van der Waals surface area (Å²) in [5.41, 5.74) is 1.09. The lowest BCUT2D eigenvalue weighted by atomic mass is 10.0. The number of aryl methyl sites for hydroxylation is 1.